The van der Waals surface area contributed by atoms with Gasteiger partial charge in [0.2, 0.25) is 0 Å². The van der Waals surface area contributed by atoms with Gasteiger partial charge in [-0.2, -0.15) is 0 Å². The molecule has 1 saturated heterocycles. The highest BCUT2D eigenvalue weighted by atomic mass is 35.5. The number of hydrogen-bond acceptors (Lipinski definition) is 2. The second kappa shape index (κ2) is 5.71. The molecule has 1 aliphatic rings. The Labute approximate surface area is 110 Å². The number of hydrogen-bond donors (Lipinski definition) is 2. The van der Waals surface area contributed by atoms with Crippen LogP contribution in [0.5, 0.6) is 0 Å². The van der Waals surface area contributed by atoms with Crippen molar-refractivity contribution in [2.45, 2.75) is 18.9 Å². The molecule has 5 heteroatoms. The molecule has 1 aromatic carbocycles. The van der Waals surface area contributed by atoms with Crippen LogP contribution in [-0.2, 0) is 0 Å². The molecule has 1 aromatic rings. The topological polar surface area (TPSA) is 41.1 Å². The van der Waals surface area contributed by atoms with Gasteiger partial charge in [0.15, 0.2) is 0 Å². The number of carbonyl (C=O) groups excluding carboxylic acids is 1. The first-order valence-corrected chi connectivity index (χ1v) is 6.39. The molecule has 1 aliphatic heterocycles. The van der Waals surface area contributed by atoms with E-state index in [0.717, 1.165) is 25.9 Å². The predicted octanol–water partition coefficient (Wildman–Crippen LogP) is 2.48. The van der Waals surface area contributed by atoms with Crippen molar-refractivity contribution in [3.8, 4) is 0 Å². The number of halogens is 2. The molecule has 0 spiro atoms. The number of carbonyl (C=O) groups is 1. The predicted molar refractivity (Wildman–Crippen MR) is 69.8 cm³/mol. The van der Waals surface area contributed by atoms with Crippen LogP contribution in [0.15, 0.2) is 18.2 Å². The second-order valence-corrected chi connectivity index (χ2v) is 4.97. The van der Waals surface area contributed by atoms with Crippen LogP contribution in [0.25, 0.3) is 0 Å². The molecule has 0 saturated carbocycles. The molecule has 0 bridgehead atoms. The van der Waals surface area contributed by atoms with Gasteiger partial charge >= 0.3 is 0 Å². The van der Waals surface area contributed by atoms with E-state index in [2.05, 4.69) is 10.6 Å². The van der Waals surface area contributed by atoms with Gasteiger partial charge in [0.25, 0.3) is 5.91 Å². The molecule has 1 heterocycles. The maximum Gasteiger partial charge on any atom is 0.253 e. The molecule has 2 rings (SSSR count). The lowest BCUT2D eigenvalue weighted by molar-refractivity contribution is 0.0929. The van der Waals surface area contributed by atoms with Crippen LogP contribution in [0.1, 0.15) is 23.2 Å². The number of piperidine rings is 1. The Kier molecular flexibility index (Phi) is 4.26. The van der Waals surface area contributed by atoms with Gasteiger partial charge in [0, 0.05) is 11.1 Å². The summed E-state index contributed by atoms with van der Waals surface area (Å²) in [5.41, 5.74) is 0.442. The summed E-state index contributed by atoms with van der Waals surface area (Å²) < 4.78 is 0. The maximum atomic E-state index is 12.0. The van der Waals surface area contributed by atoms with Crippen LogP contribution in [-0.4, -0.2) is 25.0 Å². The van der Waals surface area contributed by atoms with Crippen molar-refractivity contribution in [1.82, 2.24) is 10.6 Å². The number of rotatable bonds is 2. The minimum Gasteiger partial charge on any atom is -0.349 e. The molecule has 0 unspecified atom stereocenters. The number of amides is 1. The minimum atomic E-state index is -0.149. The van der Waals surface area contributed by atoms with Gasteiger partial charge < -0.3 is 10.6 Å². The Morgan fingerprint density at radius 2 is 2.00 bits per heavy atom. The zero-order valence-corrected chi connectivity index (χ0v) is 10.8. The summed E-state index contributed by atoms with van der Waals surface area (Å²) in [4.78, 5) is 12.0. The molecular weight excluding hydrogens is 259 g/mol. The van der Waals surface area contributed by atoms with Gasteiger partial charge in [0.05, 0.1) is 10.6 Å². The lowest BCUT2D eigenvalue weighted by Crippen LogP contribution is -2.42. The van der Waals surface area contributed by atoms with Crippen LogP contribution in [0.2, 0.25) is 10.0 Å². The molecule has 92 valence electrons. The summed E-state index contributed by atoms with van der Waals surface area (Å²) in [6.45, 7) is 1.88. The van der Waals surface area contributed by atoms with E-state index in [1.54, 1.807) is 18.2 Å². The van der Waals surface area contributed by atoms with Crippen molar-refractivity contribution >= 4 is 29.1 Å². The van der Waals surface area contributed by atoms with Gasteiger partial charge in [-0.25, -0.2) is 0 Å². The van der Waals surface area contributed by atoms with Gasteiger partial charge in [-0.3, -0.25) is 4.79 Å². The van der Waals surface area contributed by atoms with Crippen LogP contribution >= 0.6 is 23.2 Å². The highest BCUT2D eigenvalue weighted by molar-refractivity contribution is 6.35. The Hall–Kier alpha value is -0.770. The second-order valence-electron chi connectivity index (χ2n) is 4.12. The summed E-state index contributed by atoms with van der Waals surface area (Å²) in [5, 5.41) is 7.18. The summed E-state index contributed by atoms with van der Waals surface area (Å²) in [6, 6.07) is 5.13. The summed E-state index contributed by atoms with van der Waals surface area (Å²) in [6.07, 6.45) is 1.90. The molecule has 2 N–H and O–H groups in total. The lowest BCUT2D eigenvalue weighted by Gasteiger charge is -2.23. The number of nitrogens with one attached hydrogen (secondary N) is 2. The van der Waals surface area contributed by atoms with Gasteiger partial charge in [-0.05, 0) is 44.1 Å². The van der Waals surface area contributed by atoms with Crippen LogP contribution < -0.4 is 10.6 Å². The fourth-order valence-corrected chi connectivity index (χ4v) is 2.28. The van der Waals surface area contributed by atoms with E-state index in [4.69, 9.17) is 23.2 Å². The smallest absolute Gasteiger partial charge is 0.253 e. The van der Waals surface area contributed by atoms with E-state index >= 15 is 0 Å². The molecule has 0 radical (unpaired) electrons. The summed E-state index contributed by atoms with van der Waals surface area (Å²) >= 11 is 11.8. The molecule has 0 aliphatic carbocycles. The Morgan fingerprint density at radius 1 is 1.29 bits per heavy atom. The van der Waals surface area contributed by atoms with Crippen molar-refractivity contribution in [1.29, 1.82) is 0 Å². The number of benzene rings is 1. The molecule has 1 amide bonds. The van der Waals surface area contributed by atoms with Crippen molar-refractivity contribution in [2.24, 2.45) is 0 Å². The third kappa shape index (κ3) is 3.35. The van der Waals surface area contributed by atoms with E-state index < -0.39 is 0 Å². The Bertz CT molecular complexity index is 417. The minimum absolute atomic E-state index is 0.149. The van der Waals surface area contributed by atoms with Crippen LogP contribution in [0.3, 0.4) is 0 Å². The summed E-state index contributed by atoms with van der Waals surface area (Å²) in [5.74, 6) is -0.149. The molecule has 17 heavy (non-hydrogen) atoms. The molecule has 1 fully saturated rings. The average Bonchev–Trinajstić information content (AvgIpc) is 2.33. The zero-order valence-electron chi connectivity index (χ0n) is 9.30. The Morgan fingerprint density at radius 3 is 2.71 bits per heavy atom. The fourth-order valence-electron chi connectivity index (χ4n) is 1.90. The highest BCUT2D eigenvalue weighted by Crippen LogP contribution is 2.20. The fraction of sp³-hybridized carbons (Fsp3) is 0.417. The van der Waals surface area contributed by atoms with E-state index in [0.29, 0.717) is 15.6 Å². The molecule has 3 nitrogen and oxygen atoms in total. The largest absolute Gasteiger partial charge is 0.349 e. The first kappa shape index (κ1) is 12.7. The quantitative estimate of drug-likeness (QED) is 0.869. The first-order valence-electron chi connectivity index (χ1n) is 5.63. The highest BCUT2D eigenvalue weighted by Gasteiger charge is 2.18. The van der Waals surface area contributed by atoms with Crippen LogP contribution in [0.4, 0.5) is 0 Å². The van der Waals surface area contributed by atoms with Gasteiger partial charge in [-0.1, -0.05) is 23.2 Å². The molecule has 0 atom stereocenters. The molecular formula is C12H14Cl2N2O. The maximum absolute atomic E-state index is 12.0. The van der Waals surface area contributed by atoms with Gasteiger partial charge in [0.1, 0.15) is 0 Å². The Balaban J connectivity index is 2.05. The molecule has 0 aromatic heterocycles. The summed E-state index contributed by atoms with van der Waals surface area (Å²) in [7, 11) is 0. The van der Waals surface area contributed by atoms with E-state index in [-0.39, 0.29) is 11.9 Å². The lowest BCUT2D eigenvalue weighted by atomic mass is 10.1. The standard InChI is InChI=1S/C12H14Cl2N2O/c13-8-1-2-11(14)10(7-8)12(17)16-9-3-5-15-6-4-9/h1-2,7,9,15H,3-6H2,(H,16,17). The van der Waals surface area contributed by atoms with Crippen molar-refractivity contribution in [3.63, 3.8) is 0 Å². The van der Waals surface area contributed by atoms with E-state index in [1.165, 1.54) is 0 Å². The average molecular weight is 273 g/mol. The third-order valence-corrected chi connectivity index (χ3v) is 3.41. The van der Waals surface area contributed by atoms with Crippen molar-refractivity contribution < 1.29 is 4.79 Å². The SMILES string of the molecule is O=C(NC1CCNCC1)c1cc(Cl)ccc1Cl. The van der Waals surface area contributed by atoms with E-state index in [1.807, 2.05) is 0 Å². The van der Waals surface area contributed by atoms with Crippen LogP contribution in [0, 0.1) is 0 Å². The first-order chi connectivity index (χ1) is 8.16. The van der Waals surface area contributed by atoms with Crippen molar-refractivity contribution in [3.05, 3.63) is 33.8 Å². The normalized spacial score (nSPS) is 16.8. The zero-order chi connectivity index (χ0) is 12.3. The van der Waals surface area contributed by atoms with Crippen molar-refractivity contribution in [2.75, 3.05) is 13.1 Å². The monoisotopic (exact) mass is 272 g/mol. The third-order valence-electron chi connectivity index (χ3n) is 2.85. The van der Waals surface area contributed by atoms with E-state index in [9.17, 15) is 4.79 Å². The van der Waals surface area contributed by atoms with Gasteiger partial charge in [-0.15, -0.1) is 0 Å².